The molecule has 0 unspecified atom stereocenters. The van der Waals surface area contributed by atoms with Gasteiger partial charge in [-0.3, -0.25) is 9.69 Å². The number of piperidine rings is 1. The Kier molecular flexibility index (Phi) is 5.13. The van der Waals surface area contributed by atoms with Crippen LogP contribution in [0.2, 0.25) is 0 Å². The Morgan fingerprint density at radius 2 is 1.81 bits per heavy atom. The molecule has 3 nitrogen and oxygen atoms in total. The van der Waals surface area contributed by atoms with Gasteiger partial charge in [-0.25, -0.2) is 0 Å². The number of fused-ring (bicyclic) bond motifs is 1. The lowest BCUT2D eigenvalue weighted by Crippen LogP contribution is -2.38. The number of aromatic nitrogens is 1. The Morgan fingerprint density at radius 3 is 2.56 bits per heavy atom. The van der Waals surface area contributed by atoms with Gasteiger partial charge in [0.1, 0.15) is 0 Å². The van der Waals surface area contributed by atoms with E-state index < -0.39 is 0 Å². The summed E-state index contributed by atoms with van der Waals surface area (Å²) in [5.41, 5.74) is 5.56. The Morgan fingerprint density at radius 1 is 1.07 bits per heavy atom. The molecule has 0 saturated carbocycles. The van der Waals surface area contributed by atoms with Crippen molar-refractivity contribution in [2.45, 2.75) is 33.1 Å². The number of Topliss-reactive ketones (excluding diaryl/α,β-unsaturated/α-hetero) is 1. The summed E-state index contributed by atoms with van der Waals surface area (Å²) in [6.07, 6.45) is 3.51. The van der Waals surface area contributed by atoms with Gasteiger partial charge in [0, 0.05) is 22.2 Å². The van der Waals surface area contributed by atoms with Crippen LogP contribution in [0.15, 0.2) is 48.5 Å². The van der Waals surface area contributed by atoms with Crippen molar-refractivity contribution < 1.29 is 4.79 Å². The molecule has 140 valence electrons. The van der Waals surface area contributed by atoms with Crippen molar-refractivity contribution in [1.29, 1.82) is 0 Å². The molecular weight excluding hydrogens is 332 g/mol. The molecule has 0 spiro atoms. The van der Waals surface area contributed by atoms with E-state index in [9.17, 15) is 4.79 Å². The summed E-state index contributed by atoms with van der Waals surface area (Å²) in [4.78, 5) is 18.7. The Labute approximate surface area is 161 Å². The number of likely N-dealkylation sites (tertiary alicyclic amines) is 1. The van der Waals surface area contributed by atoms with Crippen molar-refractivity contribution in [2.75, 3.05) is 19.6 Å². The van der Waals surface area contributed by atoms with Crippen LogP contribution in [0.4, 0.5) is 0 Å². The van der Waals surface area contributed by atoms with Crippen molar-refractivity contribution >= 4 is 16.7 Å². The Balaban J connectivity index is 1.38. The molecule has 1 aromatic heterocycles. The molecule has 3 aromatic rings. The minimum Gasteiger partial charge on any atom is -0.358 e. The molecule has 1 saturated heterocycles. The maximum atomic E-state index is 13.0. The zero-order valence-electron chi connectivity index (χ0n) is 16.3. The molecule has 0 radical (unpaired) electrons. The number of H-pyrrole nitrogens is 1. The zero-order valence-corrected chi connectivity index (χ0v) is 16.3. The standard InChI is InChI=1S/C24H28N2O/c1-17-8-9-21-22(14-17)25-18(2)24(21)23(27)16-26-12-10-20(11-13-26)15-19-6-4-3-5-7-19/h3-9,14,20,25H,10-13,15-16H2,1-2H3. The predicted octanol–water partition coefficient (Wildman–Crippen LogP) is 4.92. The van der Waals surface area contributed by atoms with Gasteiger partial charge >= 0.3 is 0 Å². The average Bonchev–Trinajstić information content (AvgIpc) is 2.99. The third-order valence-corrected chi connectivity index (χ3v) is 5.86. The second-order valence-corrected chi connectivity index (χ2v) is 8.01. The number of ketones is 1. The maximum Gasteiger partial charge on any atom is 0.179 e. The van der Waals surface area contributed by atoms with E-state index in [0.29, 0.717) is 6.54 Å². The molecule has 2 aromatic carbocycles. The predicted molar refractivity (Wildman–Crippen MR) is 111 cm³/mol. The summed E-state index contributed by atoms with van der Waals surface area (Å²) < 4.78 is 0. The summed E-state index contributed by atoms with van der Waals surface area (Å²) in [6.45, 7) is 6.65. The third-order valence-electron chi connectivity index (χ3n) is 5.86. The number of nitrogens with one attached hydrogen (secondary N) is 1. The molecule has 0 bridgehead atoms. The molecule has 2 heterocycles. The van der Waals surface area contributed by atoms with E-state index in [1.54, 1.807) is 0 Å². The maximum absolute atomic E-state index is 13.0. The van der Waals surface area contributed by atoms with Gasteiger partial charge in [-0.2, -0.15) is 0 Å². The monoisotopic (exact) mass is 360 g/mol. The van der Waals surface area contributed by atoms with Crippen LogP contribution in [0.25, 0.3) is 10.9 Å². The van der Waals surface area contributed by atoms with Crippen molar-refractivity contribution in [3.63, 3.8) is 0 Å². The molecule has 1 fully saturated rings. The summed E-state index contributed by atoms with van der Waals surface area (Å²) in [6, 6.07) is 17.0. The SMILES string of the molecule is Cc1ccc2c(C(=O)CN3CCC(Cc4ccccc4)CC3)c(C)[nH]c2c1. The molecule has 1 N–H and O–H groups in total. The van der Waals surface area contributed by atoms with E-state index in [0.717, 1.165) is 47.6 Å². The lowest BCUT2D eigenvalue weighted by atomic mass is 9.90. The molecule has 1 aliphatic heterocycles. The number of carbonyl (C=O) groups is 1. The second-order valence-electron chi connectivity index (χ2n) is 8.01. The van der Waals surface area contributed by atoms with Crippen LogP contribution in [-0.4, -0.2) is 35.3 Å². The fraction of sp³-hybridized carbons (Fsp3) is 0.375. The first-order chi connectivity index (χ1) is 13.1. The summed E-state index contributed by atoms with van der Waals surface area (Å²) >= 11 is 0. The van der Waals surface area contributed by atoms with Gasteiger partial charge < -0.3 is 4.98 Å². The van der Waals surface area contributed by atoms with Gasteiger partial charge in [-0.05, 0) is 69.3 Å². The first-order valence-corrected chi connectivity index (χ1v) is 9.98. The highest BCUT2D eigenvalue weighted by Gasteiger charge is 2.23. The van der Waals surface area contributed by atoms with Crippen LogP contribution in [-0.2, 0) is 6.42 Å². The average molecular weight is 361 g/mol. The minimum absolute atomic E-state index is 0.240. The van der Waals surface area contributed by atoms with Crippen LogP contribution < -0.4 is 0 Å². The summed E-state index contributed by atoms with van der Waals surface area (Å²) in [5.74, 6) is 0.973. The number of carbonyl (C=O) groups excluding carboxylic acids is 1. The zero-order chi connectivity index (χ0) is 18.8. The lowest BCUT2D eigenvalue weighted by Gasteiger charge is -2.31. The van der Waals surface area contributed by atoms with Crippen LogP contribution in [0.3, 0.4) is 0 Å². The largest absolute Gasteiger partial charge is 0.358 e. The van der Waals surface area contributed by atoms with Gasteiger partial charge in [0.05, 0.1) is 6.54 Å². The highest BCUT2D eigenvalue weighted by Crippen LogP contribution is 2.25. The summed E-state index contributed by atoms with van der Waals surface area (Å²) in [7, 11) is 0. The van der Waals surface area contributed by atoms with Crippen molar-refractivity contribution in [3.8, 4) is 0 Å². The number of benzene rings is 2. The van der Waals surface area contributed by atoms with E-state index in [4.69, 9.17) is 0 Å². The van der Waals surface area contributed by atoms with Crippen molar-refractivity contribution in [3.05, 3.63) is 70.9 Å². The Hall–Kier alpha value is -2.39. The second kappa shape index (κ2) is 7.69. The number of hydrogen-bond acceptors (Lipinski definition) is 2. The van der Waals surface area contributed by atoms with E-state index in [1.165, 1.54) is 24.0 Å². The van der Waals surface area contributed by atoms with Gasteiger partial charge in [0.2, 0.25) is 0 Å². The van der Waals surface area contributed by atoms with E-state index in [1.807, 2.05) is 6.92 Å². The smallest absolute Gasteiger partial charge is 0.179 e. The highest BCUT2D eigenvalue weighted by atomic mass is 16.1. The van der Waals surface area contributed by atoms with Gasteiger partial charge in [-0.15, -0.1) is 0 Å². The minimum atomic E-state index is 0.240. The quantitative estimate of drug-likeness (QED) is 0.656. The lowest BCUT2D eigenvalue weighted by molar-refractivity contribution is 0.0896. The van der Waals surface area contributed by atoms with Crippen LogP contribution in [0.5, 0.6) is 0 Å². The van der Waals surface area contributed by atoms with Crippen LogP contribution >= 0.6 is 0 Å². The Bertz CT molecular complexity index is 934. The molecule has 3 heteroatoms. The molecule has 0 atom stereocenters. The topological polar surface area (TPSA) is 36.1 Å². The molecular formula is C24H28N2O. The van der Waals surface area contributed by atoms with Gasteiger partial charge in [-0.1, -0.05) is 42.5 Å². The number of aryl methyl sites for hydroxylation is 2. The van der Waals surface area contributed by atoms with E-state index in [2.05, 4.69) is 65.3 Å². The molecule has 4 rings (SSSR count). The van der Waals surface area contributed by atoms with Gasteiger partial charge in [0.15, 0.2) is 5.78 Å². The van der Waals surface area contributed by atoms with Crippen molar-refractivity contribution in [1.82, 2.24) is 9.88 Å². The molecule has 1 aliphatic rings. The number of rotatable bonds is 5. The fourth-order valence-electron chi connectivity index (χ4n) is 4.38. The first-order valence-electron chi connectivity index (χ1n) is 9.98. The third kappa shape index (κ3) is 3.98. The molecule has 0 amide bonds. The van der Waals surface area contributed by atoms with Crippen LogP contribution in [0, 0.1) is 19.8 Å². The number of hydrogen-bond donors (Lipinski definition) is 1. The molecule has 0 aliphatic carbocycles. The number of nitrogens with zero attached hydrogens (tertiary/aromatic N) is 1. The van der Waals surface area contributed by atoms with Crippen molar-refractivity contribution in [2.24, 2.45) is 5.92 Å². The molecule has 27 heavy (non-hydrogen) atoms. The van der Waals surface area contributed by atoms with E-state index in [-0.39, 0.29) is 5.78 Å². The van der Waals surface area contributed by atoms with Gasteiger partial charge in [0.25, 0.3) is 0 Å². The summed E-state index contributed by atoms with van der Waals surface area (Å²) in [5, 5.41) is 1.06. The first kappa shape index (κ1) is 18.0. The van der Waals surface area contributed by atoms with Crippen LogP contribution in [0.1, 0.15) is 40.0 Å². The fourth-order valence-corrected chi connectivity index (χ4v) is 4.38. The normalized spacial score (nSPS) is 16.1. The highest BCUT2D eigenvalue weighted by molar-refractivity contribution is 6.10. The number of aromatic amines is 1. The van der Waals surface area contributed by atoms with E-state index >= 15 is 0 Å².